The van der Waals surface area contributed by atoms with Crippen LogP contribution in [-0.4, -0.2) is 23.9 Å². The molecule has 4 heteroatoms. The summed E-state index contributed by atoms with van der Waals surface area (Å²) < 4.78 is 18.5. The van der Waals surface area contributed by atoms with Gasteiger partial charge in [0, 0.05) is 45.5 Å². The fourth-order valence-corrected chi connectivity index (χ4v) is 8.35. The number of benzene rings is 4. The van der Waals surface area contributed by atoms with Gasteiger partial charge in [-0.05, 0) is 90.8 Å². The predicted molar refractivity (Wildman–Crippen MR) is 202 cm³/mol. The van der Waals surface area contributed by atoms with Gasteiger partial charge in [-0.15, -0.1) is 13.2 Å². The van der Waals surface area contributed by atoms with Crippen molar-refractivity contribution in [2.24, 2.45) is 5.92 Å². The molecule has 2 aliphatic rings. The summed E-state index contributed by atoms with van der Waals surface area (Å²) in [5.41, 5.74) is 7.44. The standard InChI is InChI=1S/C43H45BrFN2/c1-7-25-43(26-8-2)35-16-11-12-17-37(35)47(27-24-30(3)4)40(43)19-13-18-39-42(5,29-32-20-22-33(44)28-36(32)45)41-34-15-10-9-14-31(34)21-23-38(41)46(39)6/h7-23,28,30H,1-2,24-27,29H2,3-6H3/q+1. The van der Waals surface area contributed by atoms with Crippen molar-refractivity contribution in [2.75, 3.05) is 18.5 Å². The molecule has 4 aromatic rings. The molecule has 0 saturated carbocycles. The van der Waals surface area contributed by atoms with Crippen LogP contribution in [0.15, 0.2) is 133 Å². The summed E-state index contributed by atoms with van der Waals surface area (Å²) in [6, 6.07) is 27.2. The van der Waals surface area contributed by atoms with Crippen molar-refractivity contribution < 1.29 is 8.97 Å². The monoisotopic (exact) mass is 687 g/mol. The highest BCUT2D eigenvalue weighted by Gasteiger charge is 2.48. The van der Waals surface area contributed by atoms with Crippen molar-refractivity contribution in [3.8, 4) is 0 Å². The molecule has 47 heavy (non-hydrogen) atoms. The molecule has 240 valence electrons. The largest absolute Gasteiger partial charge is 0.344 e. The molecule has 1 unspecified atom stereocenters. The number of hydrogen-bond donors (Lipinski definition) is 0. The van der Waals surface area contributed by atoms with Crippen LogP contribution in [0, 0.1) is 11.7 Å². The molecule has 0 aliphatic carbocycles. The van der Waals surface area contributed by atoms with Gasteiger partial charge in [0.1, 0.15) is 12.9 Å². The van der Waals surface area contributed by atoms with Crippen LogP contribution in [0.2, 0.25) is 0 Å². The van der Waals surface area contributed by atoms with Gasteiger partial charge in [0.15, 0.2) is 5.71 Å². The van der Waals surface area contributed by atoms with Crippen molar-refractivity contribution in [3.05, 3.63) is 155 Å². The van der Waals surface area contributed by atoms with E-state index in [1.807, 2.05) is 12.1 Å². The highest BCUT2D eigenvalue weighted by Crippen LogP contribution is 2.53. The smallest absolute Gasteiger partial charge is 0.210 e. The average molecular weight is 689 g/mol. The second kappa shape index (κ2) is 13.2. The number of anilines is 1. The number of nitrogens with zero attached hydrogens (tertiary/aromatic N) is 2. The molecule has 0 bridgehead atoms. The van der Waals surface area contributed by atoms with E-state index in [1.165, 1.54) is 33.3 Å². The van der Waals surface area contributed by atoms with E-state index in [-0.39, 0.29) is 11.2 Å². The molecule has 0 saturated heterocycles. The molecule has 2 aliphatic heterocycles. The molecule has 0 aromatic heterocycles. The van der Waals surface area contributed by atoms with Crippen LogP contribution in [-0.2, 0) is 17.3 Å². The molecule has 0 amide bonds. The van der Waals surface area contributed by atoms with E-state index >= 15 is 4.39 Å². The van der Waals surface area contributed by atoms with E-state index in [1.54, 1.807) is 6.07 Å². The zero-order chi connectivity index (χ0) is 33.3. The lowest BCUT2D eigenvalue weighted by Gasteiger charge is -2.32. The molecule has 6 rings (SSSR count). The maximum atomic E-state index is 15.5. The third-order valence-electron chi connectivity index (χ3n) is 10.2. The molecule has 0 fully saturated rings. The first-order chi connectivity index (χ1) is 22.6. The topological polar surface area (TPSA) is 6.25 Å². The Hall–Kier alpha value is -4.02. The molecule has 2 heterocycles. The maximum absolute atomic E-state index is 15.5. The fourth-order valence-electron chi connectivity index (χ4n) is 8.02. The molecular formula is C43H45BrFN2+. The second-order valence-corrected chi connectivity index (χ2v) is 14.6. The number of halogens is 2. The van der Waals surface area contributed by atoms with Gasteiger partial charge in [0.2, 0.25) is 5.69 Å². The van der Waals surface area contributed by atoms with Crippen LogP contribution < -0.4 is 4.90 Å². The lowest BCUT2D eigenvalue weighted by molar-refractivity contribution is -0.401. The van der Waals surface area contributed by atoms with Crippen LogP contribution in [0.4, 0.5) is 15.8 Å². The summed E-state index contributed by atoms with van der Waals surface area (Å²) in [5, 5.41) is 2.40. The minimum absolute atomic E-state index is 0.189. The number of hydrogen-bond acceptors (Lipinski definition) is 1. The summed E-state index contributed by atoms with van der Waals surface area (Å²) in [7, 11) is 2.14. The Morgan fingerprint density at radius 1 is 0.957 bits per heavy atom. The van der Waals surface area contributed by atoms with Crippen LogP contribution in [0.5, 0.6) is 0 Å². The minimum Gasteiger partial charge on any atom is -0.344 e. The van der Waals surface area contributed by atoms with Crippen molar-refractivity contribution in [1.82, 2.24) is 0 Å². The third kappa shape index (κ3) is 5.75. The summed E-state index contributed by atoms with van der Waals surface area (Å²) >= 11 is 3.45. The van der Waals surface area contributed by atoms with Crippen molar-refractivity contribution >= 4 is 43.8 Å². The SMILES string of the molecule is C=CCC1(CC=C)/C(=C\C=C\C2=[N+](C)c3ccc4ccccc4c3C2(C)Cc2ccc(Br)cc2F)N(CCC(C)C)c2ccccc21. The summed E-state index contributed by atoms with van der Waals surface area (Å²) in [6.45, 7) is 16.2. The normalized spacial score (nSPS) is 19.3. The van der Waals surface area contributed by atoms with Crippen molar-refractivity contribution in [1.29, 1.82) is 0 Å². The first kappa shape index (κ1) is 32.9. The molecule has 2 nitrogen and oxygen atoms in total. The van der Waals surface area contributed by atoms with Crippen LogP contribution >= 0.6 is 15.9 Å². The van der Waals surface area contributed by atoms with Crippen molar-refractivity contribution in [3.63, 3.8) is 0 Å². The first-order valence-corrected chi connectivity index (χ1v) is 17.5. The molecule has 0 spiro atoms. The first-order valence-electron chi connectivity index (χ1n) is 16.7. The Morgan fingerprint density at radius 3 is 2.40 bits per heavy atom. The highest BCUT2D eigenvalue weighted by molar-refractivity contribution is 9.10. The average Bonchev–Trinajstić information content (AvgIpc) is 3.43. The Kier molecular flexibility index (Phi) is 9.27. The van der Waals surface area contributed by atoms with E-state index in [0.717, 1.165) is 41.7 Å². The number of para-hydroxylation sites is 1. The highest BCUT2D eigenvalue weighted by atomic mass is 79.9. The van der Waals surface area contributed by atoms with E-state index in [9.17, 15) is 0 Å². The van der Waals surface area contributed by atoms with Gasteiger partial charge in [-0.3, -0.25) is 0 Å². The van der Waals surface area contributed by atoms with Crippen LogP contribution in [0.3, 0.4) is 0 Å². The lowest BCUT2D eigenvalue weighted by atomic mass is 9.72. The van der Waals surface area contributed by atoms with Gasteiger partial charge < -0.3 is 4.90 Å². The Bertz CT molecular complexity index is 1940. The lowest BCUT2D eigenvalue weighted by Crippen LogP contribution is -2.34. The second-order valence-electron chi connectivity index (χ2n) is 13.7. The summed E-state index contributed by atoms with van der Waals surface area (Å²) in [6.07, 6.45) is 14.2. The zero-order valence-corrected chi connectivity index (χ0v) is 29.7. The molecule has 0 radical (unpaired) electrons. The van der Waals surface area contributed by atoms with Gasteiger partial charge in [-0.1, -0.05) is 96.5 Å². The third-order valence-corrected chi connectivity index (χ3v) is 10.7. The quantitative estimate of drug-likeness (QED) is 0.112. The summed E-state index contributed by atoms with van der Waals surface area (Å²) in [5.74, 6) is 0.397. The van der Waals surface area contributed by atoms with Gasteiger partial charge in [-0.25, -0.2) is 4.39 Å². The Labute approximate surface area is 288 Å². The molecule has 1 atom stereocenters. The van der Waals surface area contributed by atoms with E-state index in [0.29, 0.717) is 17.9 Å². The zero-order valence-electron chi connectivity index (χ0n) is 28.1. The van der Waals surface area contributed by atoms with E-state index in [2.05, 4.69) is 157 Å². The maximum Gasteiger partial charge on any atom is 0.210 e. The van der Waals surface area contributed by atoms with Crippen LogP contribution in [0.25, 0.3) is 10.8 Å². The summed E-state index contributed by atoms with van der Waals surface area (Å²) in [4.78, 5) is 2.52. The molecule has 0 N–H and O–H groups in total. The van der Waals surface area contributed by atoms with Crippen molar-refractivity contribution in [2.45, 2.75) is 57.3 Å². The predicted octanol–water partition coefficient (Wildman–Crippen LogP) is 11.4. The number of allylic oxidation sites excluding steroid dienone is 6. The van der Waals surface area contributed by atoms with Gasteiger partial charge in [-0.2, -0.15) is 4.58 Å². The number of fused-ring (bicyclic) bond motifs is 4. The van der Waals surface area contributed by atoms with Gasteiger partial charge in [0.25, 0.3) is 0 Å². The Morgan fingerprint density at radius 2 is 1.68 bits per heavy atom. The van der Waals surface area contributed by atoms with Gasteiger partial charge >= 0.3 is 0 Å². The van der Waals surface area contributed by atoms with E-state index in [4.69, 9.17) is 0 Å². The van der Waals surface area contributed by atoms with Gasteiger partial charge in [0.05, 0.1) is 5.41 Å². The Balaban J connectivity index is 1.51. The fraction of sp³-hybridized carbons (Fsp3) is 0.279. The molecular weight excluding hydrogens is 643 g/mol. The van der Waals surface area contributed by atoms with Crippen LogP contribution in [0.1, 0.15) is 56.7 Å². The molecule has 4 aromatic carbocycles. The van der Waals surface area contributed by atoms with E-state index < -0.39 is 5.41 Å². The number of rotatable bonds is 11. The minimum atomic E-state index is -0.468.